The van der Waals surface area contributed by atoms with Gasteiger partial charge >= 0.3 is 0 Å². The van der Waals surface area contributed by atoms with E-state index >= 15 is 0 Å². The predicted octanol–water partition coefficient (Wildman–Crippen LogP) is 1.87. The molecule has 0 aliphatic heterocycles. The van der Waals surface area contributed by atoms with Gasteiger partial charge in [0, 0.05) is 5.39 Å². The highest BCUT2D eigenvalue weighted by molar-refractivity contribution is 5.80. The summed E-state index contributed by atoms with van der Waals surface area (Å²) < 4.78 is 5.27. The van der Waals surface area contributed by atoms with E-state index in [0.717, 1.165) is 17.4 Å². The van der Waals surface area contributed by atoms with Crippen LogP contribution in [0.2, 0.25) is 0 Å². The molecule has 0 atom stereocenters. The van der Waals surface area contributed by atoms with Crippen LogP contribution in [0.3, 0.4) is 0 Å². The van der Waals surface area contributed by atoms with Crippen LogP contribution in [-0.4, -0.2) is 6.61 Å². The van der Waals surface area contributed by atoms with Crippen molar-refractivity contribution in [3.8, 4) is 0 Å². The summed E-state index contributed by atoms with van der Waals surface area (Å²) in [5.41, 5.74) is 2.12. The van der Waals surface area contributed by atoms with E-state index in [1.165, 1.54) is 5.56 Å². The summed E-state index contributed by atoms with van der Waals surface area (Å²) in [6.45, 7) is 0.532. The van der Waals surface area contributed by atoms with E-state index in [-0.39, 0.29) is 0 Å². The highest BCUT2D eigenvalue weighted by atomic mass is 16.6. The molecule has 0 saturated heterocycles. The molecule has 0 aliphatic carbocycles. The molecule has 2 aromatic rings. The highest BCUT2D eigenvalue weighted by Crippen LogP contribution is 2.19. The zero-order valence-electron chi connectivity index (χ0n) is 7.19. The molecule has 3 nitrogen and oxygen atoms in total. The van der Waals surface area contributed by atoms with Gasteiger partial charge in [-0.3, -0.25) is 0 Å². The smallest absolute Gasteiger partial charge is 0.134 e. The van der Waals surface area contributed by atoms with E-state index in [0.29, 0.717) is 6.61 Å². The highest BCUT2D eigenvalue weighted by Gasteiger charge is 2.01. The lowest BCUT2D eigenvalue weighted by molar-refractivity contribution is 0.141. The van der Waals surface area contributed by atoms with Crippen molar-refractivity contribution < 1.29 is 9.25 Å². The maximum absolute atomic E-state index is 5.27. The van der Waals surface area contributed by atoms with Gasteiger partial charge in [0.2, 0.25) is 0 Å². The third-order valence-electron chi connectivity index (χ3n) is 2.08. The Kier molecular flexibility index (Phi) is 2.29. The molecule has 0 amide bonds. The van der Waals surface area contributed by atoms with Gasteiger partial charge in [-0.05, 0) is 24.1 Å². The average molecular weight is 177 g/mol. The number of nitrogens with two attached hydrogens (primary N) is 1. The molecule has 2 rings (SSSR count). The molecule has 0 fully saturated rings. The van der Waals surface area contributed by atoms with Crippen LogP contribution in [0.4, 0.5) is 0 Å². The minimum Gasteiger partial charge on any atom is -0.464 e. The van der Waals surface area contributed by atoms with Crippen molar-refractivity contribution in [1.29, 1.82) is 0 Å². The quantitative estimate of drug-likeness (QED) is 0.728. The maximum atomic E-state index is 5.27. The van der Waals surface area contributed by atoms with Gasteiger partial charge < -0.3 is 9.25 Å². The second kappa shape index (κ2) is 3.60. The lowest BCUT2D eigenvalue weighted by Gasteiger charge is -2.00. The number of benzene rings is 1. The first kappa shape index (κ1) is 8.29. The van der Waals surface area contributed by atoms with E-state index in [1.54, 1.807) is 6.26 Å². The van der Waals surface area contributed by atoms with Crippen LogP contribution in [0.15, 0.2) is 34.9 Å². The van der Waals surface area contributed by atoms with Crippen LogP contribution in [-0.2, 0) is 11.3 Å². The van der Waals surface area contributed by atoms with Crippen molar-refractivity contribution in [2.75, 3.05) is 6.61 Å². The Bertz CT molecular complexity index is 394. The van der Waals surface area contributed by atoms with Crippen molar-refractivity contribution >= 4 is 11.0 Å². The van der Waals surface area contributed by atoms with Gasteiger partial charge in [0.1, 0.15) is 5.58 Å². The van der Waals surface area contributed by atoms with Gasteiger partial charge in [0.15, 0.2) is 0 Å². The number of fused-ring (bicyclic) bond motifs is 1. The van der Waals surface area contributed by atoms with Crippen molar-refractivity contribution in [3.05, 3.63) is 36.1 Å². The van der Waals surface area contributed by atoms with E-state index < -0.39 is 0 Å². The summed E-state index contributed by atoms with van der Waals surface area (Å²) in [5.74, 6) is 4.97. The third-order valence-corrected chi connectivity index (χ3v) is 2.08. The topological polar surface area (TPSA) is 48.4 Å². The molecule has 1 aromatic carbocycles. The van der Waals surface area contributed by atoms with Crippen molar-refractivity contribution in [1.82, 2.24) is 0 Å². The monoisotopic (exact) mass is 177 g/mol. The second-order valence-electron chi connectivity index (χ2n) is 2.87. The number of hydrogen-bond donors (Lipinski definition) is 1. The minimum atomic E-state index is 0.532. The summed E-state index contributed by atoms with van der Waals surface area (Å²) in [7, 11) is 0. The van der Waals surface area contributed by atoms with Crippen LogP contribution < -0.4 is 5.90 Å². The fourth-order valence-electron chi connectivity index (χ4n) is 1.44. The largest absolute Gasteiger partial charge is 0.464 e. The van der Waals surface area contributed by atoms with Crippen LogP contribution in [0.5, 0.6) is 0 Å². The van der Waals surface area contributed by atoms with Crippen molar-refractivity contribution in [2.45, 2.75) is 6.42 Å². The van der Waals surface area contributed by atoms with Crippen molar-refractivity contribution in [3.63, 3.8) is 0 Å². The Morgan fingerprint density at radius 2 is 2.23 bits per heavy atom. The summed E-state index contributed by atoms with van der Waals surface area (Å²) in [6, 6.07) is 7.93. The van der Waals surface area contributed by atoms with E-state index in [4.69, 9.17) is 10.3 Å². The Balaban J connectivity index is 2.37. The fourth-order valence-corrected chi connectivity index (χ4v) is 1.44. The fraction of sp³-hybridized carbons (Fsp3) is 0.200. The molecule has 13 heavy (non-hydrogen) atoms. The lowest BCUT2D eigenvalue weighted by atomic mass is 10.1. The van der Waals surface area contributed by atoms with Gasteiger partial charge in [-0.2, -0.15) is 0 Å². The Labute approximate surface area is 76.0 Å². The molecule has 0 aliphatic rings. The Morgan fingerprint density at radius 3 is 3.08 bits per heavy atom. The molecular weight excluding hydrogens is 166 g/mol. The summed E-state index contributed by atoms with van der Waals surface area (Å²) in [5, 5.41) is 1.14. The second-order valence-corrected chi connectivity index (χ2v) is 2.87. The minimum absolute atomic E-state index is 0.532. The number of furan rings is 1. The zero-order chi connectivity index (χ0) is 9.10. The SMILES string of the molecule is NOCCc1cccc2occc12. The lowest BCUT2D eigenvalue weighted by Crippen LogP contribution is -2.03. The normalized spacial score (nSPS) is 10.8. The summed E-state index contributed by atoms with van der Waals surface area (Å²) in [4.78, 5) is 4.54. The third kappa shape index (κ3) is 1.56. The molecule has 0 unspecified atom stereocenters. The molecule has 0 bridgehead atoms. The van der Waals surface area contributed by atoms with Crippen LogP contribution in [0.1, 0.15) is 5.56 Å². The molecule has 1 aromatic heterocycles. The van der Waals surface area contributed by atoms with Crippen LogP contribution in [0.25, 0.3) is 11.0 Å². The summed E-state index contributed by atoms with van der Waals surface area (Å²) in [6.07, 6.45) is 2.50. The predicted molar refractivity (Wildman–Crippen MR) is 50.1 cm³/mol. The van der Waals surface area contributed by atoms with Crippen LogP contribution >= 0.6 is 0 Å². The molecule has 68 valence electrons. The standard InChI is InChI=1S/C10H11NO2/c11-13-7-4-8-2-1-3-10-9(8)5-6-12-10/h1-3,5-6H,4,7,11H2. The maximum Gasteiger partial charge on any atom is 0.134 e. The molecule has 3 heteroatoms. The molecule has 0 radical (unpaired) electrons. The first-order valence-corrected chi connectivity index (χ1v) is 4.18. The molecule has 1 heterocycles. The van der Waals surface area contributed by atoms with Gasteiger partial charge in [-0.15, -0.1) is 0 Å². The van der Waals surface area contributed by atoms with Crippen LogP contribution in [0, 0.1) is 0 Å². The first-order valence-electron chi connectivity index (χ1n) is 4.18. The number of hydrogen-bond acceptors (Lipinski definition) is 3. The first-order chi connectivity index (χ1) is 6.42. The molecule has 2 N–H and O–H groups in total. The molecule has 0 spiro atoms. The van der Waals surface area contributed by atoms with E-state index in [2.05, 4.69) is 10.9 Å². The van der Waals surface area contributed by atoms with E-state index in [9.17, 15) is 0 Å². The van der Waals surface area contributed by atoms with Gasteiger partial charge in [0.05, 0.1) is 12.9 Å². The Hall–Kier alpha value is -1.32. The number of rotatable bonds is 3. The van der Waals surface area contributed by atoms with Gasteiger partial charge in [0.25, 0.3) is 0 Å². The van der Waals surface area contributed by atoms with Crippen molar-refractivity contribution in [2.24, 2.45) is 5.90 Å². The summed E-state index contributed by atoms with van der Waals surface area (Å²) >= 11 is 0. The molecule has 0 saturated carbocycles. The van der Waals surface area contributed by atoms with E-state index in [1.807, 2.05) is 18.2 Å². The van der Waals surface area contributed by atoms with Gasteiger partial charge in [-0.1, -0.05) is 12.1 Å². The zero-order valence-corrected chi connectivity index (χ0v) is 7.19. The Morgan fingerprint density at radius 1 is 1.31 bits per heavy atom. The average Bonchev–Trinajstić information content (AvgIpc) is 2.62. The van der Waals surface area contributed by atoms with Gasteiger partial charge in [-0.25, -0.2) is 5.90 Å². The molecular formula is C10H11NO2.